The molecule has 3 heterocycles. The molecule has 0 atom stereocenters. The molecule has 4 aromatic rings. The first-order chi connectivity index (χ1) is 16.0. The van der Waals surface area contributed by atoms with Crippen LogP contribution in [0.5, 0.6) is 0 Å². The van der Waals surface area contributed by atoms with E-state index in [0.717, 1.165) is 11.1 Å². The molecule has 1 aromatic carbocycles. The van der Waals surface area contributed by atoms with Gasteiger partial charge in [-0.05, 0) is 73.5 Å². The van der Waals surface area contributed by atoms with Crippen LogP contribution < -0.4 is 5.32 Å². The van der Waals surface area contributed by atoms with E-state index in [2.05, 4.69) is 30.9 Å². The number of hydrogen-bond donors (Lipinski definition) is 1. The number of nitrogens with one attached hydrogen (secondary N) is 1. The Kier molecular flexibility index (Phi) is 5.99. The van der Waals surface area contributed by atoms with Gasteiger partial charge in [0.2, 0.25) is 0 Å². The molecule has 34 heavy (non-hydrogen) atoms. The largest absolute Gasteiger partial charge is 0.306 e. The van der Waals surface area contributed by atoms with Gasteiger partial charge in [0, 0.05) is 17.7 Å². The van der Waals surface area contributed by atoms with Gasteiger partial charge in [-0.25, -0.2) is 9.37 Å². The molecule has 1 N–H and O–H groups in total. The lowest BCUT2D eigenvalue weighted by Gasteiger charge is -2.18. The van der Waals surface area contributed by atoms with Crippen LogP contribution in [0.1, 0.15) is 62.3 Å². The highest BCUT2D eigenvalue weighted by Crippen LogP contribution is 2.28. The van der Waals surface area contributed by atoms with Crippen molar-refractivity contribution in [3.63, 3.8) is 0 Å². The fourth-order valence-corrected chi connectivity index (χ4v) is 3.50. The average Bonchev–Trinajstić information content (AvgIpc) is 3.44. The average molecular weight is 463 g/mol. The lowest BCUT2D eigenvalue weighted by molar-refractivity contribution is 0.102. The van der Waals surface area contributed by atoms with Gasteiger partial charge in [0.1, 0.15) is 11.6 Å². The quantitative estimate of drug-likeness (QED) is 0.468. The number of tetrazole rings is 1. The first kappa shape index (κ1) is 23.2. The molecule has 0 aliphatic rings. The molecule has 0 aliphatic carbocycles. The zero-order valence-electron chi connectivity index (χ0n) is 20.0. The van der Waals surface area contributed by atoms with Crippen LogP contribution in [-0.4, -0.2) is 40.9 Å². The Labute approximate surface area is 197 Å². The molecule has 0 radical (unpaired) electrons. The predicted octanol–water partition coefficient (Wildman–Crippen LogP) is 4.50. The molecule has 0 saturated heterocycles. The Morgan fingerprint density at radius 2 is 1.94 bits per heavy atom. The van der Waals surface area contributed by atoms with Crippen molar-refractivity contribution in [2.45, 2.75) is 53.0 Å². The maximum Gasteiger partial charge on any atom is 0.259 e. The molecule has 3 aromatic heterocycles. The van der Waals surface area contributed by atoms with Gasteiger partial charge in [-0.2, -0.15) is 9.78 Å². The van der Waals surface area contributed by atoms with Gasteiger partial charge in [-0.15, -0.1) is 5.10 Å². The molecule has 0 spiro atoms. The third-order valence-electron chi connectivity index (χ3n) is 5.34. The number of amides is 1. The fraction of sp³-hybridized carbons (Fsp3) is 0.333. The summed E-state index contributed by atoms with van der Waals surface area (Å²) in [5.74, 6) is 0.216. The molecule has 0 unspecified atom stereocenters. The molecular formula is C24H27FN8O. The molecule has 0 fully saturated rings. The van der Waals surface area contributed by atoms with Crippen LogP contribution in [0.4, 0.5) is 10.2 Å². The molecule has 10 heteroatoms. The van der Waals surface area contributed by atoms with E-state index in [1.54, 1.807) is 37.4 Å². The molecule has 4 rings (SSSR count). The van der Waals surface area contributed by atoms with Crippen molar-refractivity contribution in [3.05, 3.63) is 65.5 Å². The van der Waals surface area contributed by atoms with Crippen LogP contribution in [0.15, 0.2) is 42.7 Å². The van der Waals surface area contributed by atoms with Crippen LogP contribution in [0.2, 0.25) is 0 Å². The zero-order chi connectivity index (χ0) is 24.6. The third-order valence-corrected chi connectivity index (χ3v) is 5.34. The molecule has 0 bridgehead atoms. The lowest BCUT2D eigenvalue weighted by atomic mass is 9.99. The van der Waals surface area contributed by atoms with E-state index in [-0.39, 0.29) is 22.8 Å². The summed E-state index contributed by atoms with van der Waals surface area (Å²) in [5.41, 5.74) is 1.97. The van der Waals surface area contributed by atoms with E-state index in [1.807, 2.05) is 45.5 Å². The normalized spacial score (nSPS) is 11.8. The van der Waals surface area contributed by atoms with Crippen molar-refractivity contribution in [1.82, 2.24) is 35.0 Å². The van der Waals surface area contributed by atoms with Crippen molar-refractivity contribution in [2.75, 3.05) is 5.32 Å². The maximum absolute atomic E-state index is 14.8. The number of aromatic nitrogens is 7. The van der Waals surface area contributed by atoms with Crippen LogP contribution in [0.25, 0.3) is 16.9 Å². The fourth-order valence-electron chi connectivity index (χ4n) is 3.50. The summed E-state index contributed by atoms with van der Waals surface area (Å²) in [5, 5.41) is 18.8. The SMILES string of the molecule is Cc1cc(F)c(C(=O)Nc2cccc(-n3nnnc3C(C)C)n2)cc1-c1cnn(C(C)(C)C)c1. The predicted molar refractivity (Wildman–Crippen MR) is 126 cm³/mol. The minimum Gasteiger partial charge on any atom is -0.306 e. The Balaban J connectivity index is 1.64. The third kappa shape index (κ3) is 4.57. The number of aryl methyl sites for hydroxylation is 1. The van der Waals surface area contributed by atoms with Crippen molar-refractivity contribution in [1.29, 1.82) is 0 Å². The molecule has 0 aliphatic heterocycles. The molecular weight excluding hydrogens is 435 g/mol. The number of hydrogen-bond acceptors (Lipinski definition) is 6. The van der Waals surface area contributed by atoms with Gasteiger partial charge in [-0.3, -0.25) is 9.48 Å². The van der Waals surface area contributed by atoms with Crippen molar-refractivity contribution < 1.29 is 9.18 Å². The first-order valence-electron chi connectivity index (χ1n) is 11.0. The highest BCUT2D eigenvalue weighted by atomic mass is 19.1. The number of carbonyl (C=O) groups is 1. The summed E-state index contributed by atoms with van der Waals surface area (Å²) in [6, 6.07) is 7.99. The van der Waals surface area contributed by atoms with Gasteiger partial charge in [0.05, 0.1) is 17.3 Å². The summed E-state index contributed by atoms with van der Waals surface area (Å²) in [6.45, 7) is 11.9. The van der Waals surface area contributed by atoms with E-state index in [4.69, 9.17) is 0 Å². The summed E-state index contributed by atoms with van der Waals surface area (Å²) in [7, 11) is 0. The van der Waals surface area contributed by atoms with Crippen LogP contribution in [0.3, 0.4) is 0 Å². The monoisotopic (exact) mass is 462 g/mol. The van der Waals surface area contributed by atoms with Gasteiger partial charge in [0.15, 0.2) is 11.6 Å². The van der Waals surface area contributed by atoms with E-state index < -0.39 is 11.7 Å². The smallest absolute Gasteiger partial charge is 0.259 e. The van der Waals surface area contributed by atoms with Gasteiger partial charge < -0.3 is 5.32 Å². The molecule has 0 saturated carbocycles. The maximum atomic E-state index is 14.8. The molecule has 1 amide bonds. The topological polar surface area (TPSA) is 103 Å². The van der Waals surface area contributed by atoms with Crippen molar-refractivity contribution >= 4 is 11.7 Å². The Morgan fingerprint density at radius 3 is 2.62 bits per heavy atom. The van der Waals surface area contributed by atoms with E-state index >= 15 is 0 Å². The number of nitrogens with zero attached hydrogens (tertiary/aromatic N) is 7. The zero-order valence-corrected chi connectivity index (χ0v) is 20.0. The van der Waals surface area contributed by atoms with Crippen LogP contribution >= 0.6 is 0 Å². The van der Waals surface area contributed by atoms with E-state index in [9.17, 15) is 9.18 Å². The minimum absolute atomic E-state index is 0.0813. The summed E-state index contributed by atoms with van der Waals surface area (Å²) in [4.78, 5) is 17.4. The highest BCUT2D eigenvalue weighted by Gasteiger charge is 2.20. The number of carbonyl (C=O) groups excluding carboxylic acids is 1. The number of pyridine rings is 1. The number of benzene rings is 1. The minimum atomic E-state index is -0.610. The van der Waals surface area contributed by atoms with E-state index in [1.165, 1.54) is 10.7 Å². The standard InChI is InChI=1S/C24H27FN8O/c1-14(2)22-29-30-31-33(22)21-9-7-8-20(27-21)28-23(34)18-11-17(15(3)10-19(18)25)16-12-26-32(13-16)24(4,5)6/h7-14H,1-6H3,(H,27,28,34). The first-order valence-corrected chi connectivity index (χ1v) is 11.0. The lowest BCUT2D eigenvalue weighted by Crippen LogP contribution is -2.21. The van der Waals surface area contributed by atoms with Gasteiger partial charge in [0.25, 0.3) is 5.91 Å². The van der Waals surface area contributed by atoms with E-state index in [0.29, 0.717) is 17.2 Å². The number of anilines is 1. The van der Waals surface area contributed by atoms with Gasteiger partial charge >= 0.3 is 0 Å². The second-order valence-corrected chi connectivity index (χ2v) is 9.43. The second-order valence-electron chi connectivity index (χ2n) is 9.43. The van der Waals surface area contributed by atoms with Crippen LogP contribution in [-0.2, 0) is 5.54 Å². The van der Waals surface area contributed by atoms with Crippen molar-refractivity contribution in [2.24, 2.45) is 0 Å². The van der Waals surface area contributed by atoms with Crippen molar-refractivity contribution in [3.8, 4) is 16.9 Å². The summed E-state index contributed by atoms with van der Waals surface area (Å²) < 4.78 is 18.2. The Hall–Kier alpha value is -3.95. The molecule has 176 valence electrons. The summed E-state index contributed by atoms with van der Waals surface area (Å²) >= 11 is 0. The highest BCUT2D eigenvalue weighted by molar-refractivity contribution is 6.04. The number of rotatable bonds is 5. The van der Waals surface area contributed by atoms with Gasteiger partial charge in [-0.1, -0.05) is 19.9 Å². The molecule has 9 nitrogen and oxygen atoms in total. The van der Waals surface area contributed by atoms with Crippen LogP contribution in [0, 0.1) is 12.7 Å². The summed E-state index contributed by atoms with van der Waals surface area (Å²) in [6.07, 6.45) is 3.61. The second kappa shape index (κ2) is 8.77. The Bertz CT molecular complexity index is 1350. The Morgan fingerprint density at radius 1 is 1.18 bits per heavy atom. The number of halogens is 1.